The van der Waals surface area contributed by atoms with Gasteiger partial charge >= 0.3 is 0 Å². The summed E-state index contributed by atoms with van der Waals surface area (Å²) in [7, 11) is 0. The third-order valence-corrected chi connectivity index (χ3v) is 4.14. The zero-order chi connectivity index (χ0) is 8.44. The molecule has 0 heterocycles. The van der Waals surface area contributed by atoms with Gasteiger partial charge in [-0.15, -0.1) is 0 Å². The Morgan fingerprint density at radius 3 is 2.58 bits per heavy atom. The first kappa shape index (κ1) is 8.55. The maximum absolute atomic E-state index is 9.48. The van der Waals surface area contributed by atoms with Gasteiger partial charge < -0.3 is 5.11 Å². The van der Waals surface area contributed by atoms with E-state index < -0.39 is 0 Å². The molecule has 2 rings (SSSR count). The molecule has 1 N–H and O–H groups in total. The van der Waals surface area contributed by atoms with Gasteiger partial charge in [0, 0.05) is 6.61 Å². The molecule has 1 nitrogen and oxygen atoms in total. The van der Waals surface area contributed by atoms with Crippen LogP contribution in [0.15, 0.2) is 0 Å². The van der Waals surface area contributed by atoms with Crippen molar-refractivity contribution in [2.24, 2.45) is 11.3 Å². The molecule has 0 aromatic heterocycles. The molecule has 12 heavy (non-hydrogen) atoms. The van der Waals surface area contributed by atoms with Gasteiger partial charge in [-0.05, 0) is 37.0 Å². The second-order valence-corrected chi connectivity index (χ2v) is 4.71. The van der Waals surface area contributed by atoms with Gasteiger partial charge in [-0.1, -0.05) is 25.7 Å². The Morgan fingerprint density at radius 2 is 1.75 bits per heavy atom. The minimum Gasteiger partial charge on any atom is -0.396 e. The Balaban J connectivity index is 2.11. The van der Waals surface area contributed by atoms with Crippen molar-refractivity contribution in [2.45, 2.75) is 51.4 Å². The summed E-state index contributed by atoms with van der Waals surface area (Å²) in [4.78, 5) is 0. The van der Waals surface area contributed by atoms with Gasteiger partial charge in [-0.3, -0.25) is 0 Å². The summed E-state index contributed by atoms with van der Waals surface area (Å²) < 4.78 is 0. The van der Waals surface area contributed by atoms with Crippen LogP contribution in [0.25, 0.3) is 0 Å². The Hall–Kier alpha value is -0.0400. The van der Waals surface area contributed by atoms with Crippen molar-refractivity contribution in [1.82, 2.24) is 0 Å². The molecule has 0 aromatic rings. The standard InChI is InChI=1S/C11H20O/c12-9-11-7-3-1-2-5-10(11)6-4-8-11/h10,12H,1-9H2. The molecule has 2 fully saturated rings. The lowest BCUT2D eigenvalue weighted by Crippen LogP contribution is -2.28. The molecular weight excluding hydrogens is 148 g/mol. The summed E-state index contributed by atoms with van der Waals surface area (Å²) in [6.45, 7) is 0.456. The number of hydrogen-bond acceptors (Lipinski definition) is 1. The molecule has 1 heteroatoms. The minimum absolute atomic E-state index is 0.372. The van der Waals surface area contributed by atoms with Crippen LogP contribution in [0.2, 0.25) is 0 Å². The van der Waals surface area contributed by atoms with Gasteiger partial charge in [0.25, 0.3) is 0 Å². The number of fused-ring (bicyclic) bond motifs is 1. The van der Waals surface area contributed by atoms with Gasteiger partial charge in [0.15, 0.2) is 0 Å². The van der Waals surface area contributed by atoms with Crippen molar-refractivity contribution >= 4 is 0 Å². The SMILES string of the molecule is OCC12CCCCCC1CCC2. The smallest absolute Gasteiger partial charge is 0.0490 e. The zero-order valence-electron chi connectivity index (χ0n) is 7.89. The topological polar surface area (TPSA) is 20.2 Å². The fourth-order valence-corrected chi connectivity index (χ4v) is 3.32. The molecular formula is C11H20O. The fraction of sp³-hybridized carbons (Fsp3) is 1.00. The van der Waals surface area contributed by atoms with E-state index in [-0.39, 0.29) is 0 Å². The van der Waals surface area contributed by atoms with Crippen molar-refractivity contribution < 1.29 is 5.11 Å². The molecule has 2 atom stereocenters. The highest BCUT2D eigenvalue weighted by Crippen LogP contribution is 2.50. The average molecular weight is 168 g/mol. The molecule has 0 bridgehead atoms. The zero-order valence-corrected chi connectivity index (χ0v) is 7.89. The number of aliphatic hydroxyl groups excluding tert-OH is 1. The Morgan fingerprint density at radius 1 is 1.00 bits per heavy atom. The van der Waals surface area contributed by atoms with E-state index in [9.17, 15) is 5.11 Å². The van der Waals surface area contributed by atoms with Crippen molar-refractivity contribution in [1.29, 1.82) is 0 Å². The third kappa shape index (κ3) is 1.28. The summed E-state index contributed by atoms with van der Waals surface area (Å²) >= 11 is 0. The first-order chi connectivity index (χ1) is 5.87. The highest BCUT2D eigenvalue weighted by atomic mass is 16.3. The lowest BCUT2D eigenvalue weighted by Gasteiger charge is -2.32. The molecule has 2 unspecified atom stereocenters. The summed E-state index contributed by atoms with van der Waals surface area (Å²) in [5.74, 6) is 0.866. The van der Waals surface area contributed by atoms with Gasteiger partial charge in [-0.2, -0.15) is 0 Å². The van der Waals surface area contributed by atoms with Crippen LogP contribution < -0.4 is 0 Å². The first-order valence-corrected chi connectivity index (χ1v) is 5.48. The van der Waals surface area contributed by atoms with Crippen molar-refractivity contribution in [3.8, 4) is 0 Å². The molecule has 2 saturated carbocycles. The van der Waals surface area contributed by atoms with Crippen LogP contribution in [0.1, 0.15) is 51.4 Å². The highest BCUT2D eigenvalue weighted by Gasteiger charge is 2.42. The van der Waals surface area contributed by atoms with Crippen molar-refractivity contribution in [3.05, 3.63) is 0 Å². The maximum atomic E-state index is 9.48. The quantitative estimate of drug-likeness (QED) is 0.638. The Labute approximate surface area is 75.2 Å². The van der Waals surface area contributed by atoms with Crippen molar-refractivity contribution in [3.63, 3.8) is 0 Å². The second kappa shape index (κ2) is 3.37. The average Bonchev–Trinajstić information content (AvgIpc) is 2.40. The molecule has 0 saturated heterocycles. The highest BCUT2D eigenvalue weighted by molar-refractivity contribution is 4.92. The van der Waals surface area contributed by atoms with Gasteiger partial charge in [0.1, 0.15) is 0 Å². The van der Waals surface area contributed by atoms with Crippen LogP contribution in [0, 0.1) is 11.3 Å². The van der Waals surface area contributed by atoms with E-state index in [0.29, 0.717) is 12.0 Å². The van der Waals surface area contributed by atoms with Crippen LogP contribution in [-0.4, -0.2) is 11.7 Å². The molecule has 2 aliphatic carbocycles. The van der Waals surface area contributed by atoms with E-state index in [4.69, 9.17) is 0 Å². The van der Waals surface area contributed by atoms with E-state index in [2.05, 4.69) is 0 Å². The predicted octanol–water partition coefficient (Wildman–Crippen LogP) is 2.73. The lowest BCUT2D eigenvalue weighted by atomic mass is 9.75. The van der Waals surface area contributed by atoms with E-state index >= 15 is 0 Å². The van der Waals surface area contributed by atoms with E-state index in [1.165, 1.54) is 51.4 Å². The lowest BCUT2D eigenvalue weighted by molar-refractivity contribution is 0.0764. The van der Waals surface area contributed by atoms with Crippen molar-refractivity contribution in [2.75, 3.05) is 6.61 Å². The summed E-state index contributed by atoms with van der Waals surface area (Å²) in [5.41, 5.74) is 0.372. The van der Waals surface area contributed by atoms with Gasteiger partial charge in [-0.25, -0.2) is 0 Å². The Bertz CT molecular complexity index is 155. The fourth-order valence-electron chi connectivity index (χ4n) is 3.32. The van der Waals surface area contributed by atoms with E-state index in [1.807, 2.05) is 0 Å². The largest absolute Gasteiger partial charge is 0.396 e. The van der Waals surface area contributed by atoms with Gasteiger partial charge in [0.2, 0.25) is 0 Å². The summed E-state index contributed by atoms with van der Waals surface area (Å²) in [6, 6.07) is 0. The second-order valence-electron chi connectivity index (χ2n) is 4.71. The molecule has 0 radical (unpaired) electrons. The van der Waals surface area contributed by atoms with Crippen LogP contribution in [0.3, 0.4) is 0 Å². The molecule has 0 aliphatic heterocycles. The molecule has 70 valence electrons. The molecule has 0 aromatic carbocycles. The number of hydrogen-bond donors (Lipinski definition) is 1. The van der Waals surface area contributed by atoms with Gasteiger partial charge in [0.05, 0.1) is 0 Å². The van der Waals surface area contributed by atoms with Crippen LogP contribution in [0.5, 0.6) is 0 Å². The van der Waals surface area contributed by atoms with Crippen LogP contribution >= 0.6 is 0 Å². The van der Waals surface area contributed by atoms with Crippen LogP contribution in [0.4, 0.5) is 0 Å². The third-order valence-electron chi connectivity index (χ3n) is 4.14. The number of aliphatic hydroxyl groups is 1. The summed E-state index contributed by atoms with van der Waals surface area (Å²) in [5, 5.41) is 9.48. The molecule has 2 aliphatic rings. The normalized spacial score (nSPS) is 42.2. The van der Waals surface area contributed by atoms with E-state index in [1.54, 1.807) is 0 Å². The first-order valence-electron chi connectivity index (χ1n) is 5.48. The minimum atomic E-state index is 0.372. The molecule has 0 amide bonds. The maximum Gasteiger partial charge on any atom is 0.0490 e. The number of rotatable bonds is 1. The summed E-state index contributed by atoms with van der Waals surface area (Å²) in [6.07, 6.45) is 10.9. The Kier molecular flexibility index (Phi) is 2.40. The molecule has 0 spiro atoms. The van der Waals surface area contributed by atoms with E-state index in [0.717, 1.165) is 5.92 Å². The predicted molar refractivity (Wildman–Crippen MR) is 49.9 cm³/mol. The monoisotopic (exact) mass is 168 g/mol. The van der Waals surface area contributed by atoms with Crippen LogP contribution in [-0.2, 0) is 0 Å².